The summed E-state index contributed by atoms with van der Waals surface area (Å²) in [5.74, 6) is 0.235. The van der Waals surface area contributed by atoms with Crippen LogP contribution in [0.4, 0.5) is 0 Å². The molecule has 0 aromatic heterocycles. The Morgan fingerprint density at radius 1 is 1.24 bits per heavy atom. The molecule has 1 atom stereocenters. The first-order chi connectivity index (χ1) is 10.0. The summed E-state index contributed by atoms with van der Waals surface area (Å²) in [7, 11) is 0.148. The third kappa shape index (κ3) is 3.93. The van der Waals surface area contributed by atoms with Gasteiger partial charge in [-0.1, -0.05) is 23.7 Å². The van der Waals surface area contributed by atoms with Crippen LogP contribution >= 0.6 is 11.6 Å². The molecule has 0 saturated heterocycles. The first-order valence-electron chi connectivity index (χ1n) is 6.33. The van der Waals surface area contributed by atoms with E-state index in [-0.39, 0.29) is 11.5 Å². The fraction of sp³-hybridized carbons (Fsp3) is 0.188. The number of rotatable bonds is 5. The van der Waals surface area contributed by atoms with Crippen LogP contribution in [0.15, 0.2) is 47.4 Å². The molecular weight excluding hydrogens is 308 g/mol. The van der Waals surface area contributed by atoms with Crippen LogP contribution in [0.1, 0.15) is 15.9 Å². The highest BCUT2D eigenvalue weighted by Crippen LogP contribution is 2.25. The van der Waals surface area contributed by atoms with E-state index in [0.717, 1.165) is 5.56 Å². The van der Waals surface area contributed by atoms with E-state index in [4.69, 9.17) is 16.3 Å². The van der Waals surface area contributed by atoms with Gasteiger partial charge in [-0.2, -0.15) is 0 Å². The second-order valence-corrected chi connectivity index (χ2v) is 6.44. The number of ether oxygens (including phenoxy) is 1. The lowest BCUT2D eigenvalue weighted by Crippen LogP contribution is -2.11. The Hall–Kier alpha value is -1.65. The molecule has 110 valence electrons. The quantitative estimate of drug-likeness (QED) is 0.789. The number of hydrogen-bond acceptors (Lipinski definition) is 3. The van der Waals surface area contributed by atoms with Gasteiger partial charge in [-0.3, -0.25) is 9.00 Å². The Labute approximate surface area is 131 Å². The number of carbonyl (C=O) groups is 1. The maximum atomic E-state index is 12.2. The molecule has 0 aliphatic rings. The van der Waals surface area contributed by atoms with Crippen molar-refractivity contribution in [2.24, 2.45) is 0 Å². The lowest BCUT2D eigenvalue weighted by atomic mass is 10.1. The van der Waals surface area contributed by atoms with Crippen molar-refractivity contribution in [2.45, 2.75) is 11.8 Å². The van der Waals surface area contributed by atoms with E-state index in [1.54, 1.807) is 18.2 Å². The van der Waals surface area contributed by atoms with Gasteiger partial charge in [-0.25, -0.2) is 0 Å². The van der Waals surface area contributed by atoms with Gasteiger partial charge in [0.25, 0.3) is 0 Å². The molecule has 0 saturated carbocycles. The van der Waals surface area contributed by atoms with Crippen molar-refractivity contribution in [2.75, 3.05) is 12.9 Å². The van der Waals surface area contributed by atoms with E-state index in [0.29, 0.717) is 21.2 Å². The standard InChI is InChI=1S/C16H15ClO3S/c1-11-4-3-5-13(8-11)21(19)10-15(18)12-6-7-16(20-2)14(17)9-12/h3-9H,10H2,1-2H3. The number of Topliss-reactive ketones (excluding diaryl/α,β-unsaturated/α-hetero) is 1. The zero-order valence-electron chi connectivity index (χ0n) is 11.8. The third-order valence-corrected chi connectivity index (χ3v) is 4.59. The van der Waals surface area contributed by atoms with Gasteiger partial charge in [0.2, 0.25) is 0 Å². The number of hydrogen-bond donors (Lipinski definition) is 0. The van der Waals surface area contributed by atoms with Crippen molar-refractivity contribution in [1.82, 2.24) is 0 Å². The number of methoxy groups -OCH3 is 1. The molecule has 5 heteroatoms. The van der Waals surface area contributed by atoms with Gasteiger partial charge < -0.3 is 4.74 Å². The Morgan fingerprint density at radius 3 is 2.62 bits per heavy atom. The maximum Gasteiger partial charge on any atom is 0.175 e. The van der Waals surface area contributed by atoms with Gasteiger partial charge >= 0.3 is 0 Å². The predicted molar refractivity (Wildman–Crippen MR) is 84.8 cm³/mol. The normalized spacial score (nSPS) is 12.0. The first-order valence-corrected chi connectivity index (χ1v) is 8.02. The number of carbonyl (C=O) groups excluding carboxylic acids is 1. The summed E-state index contributed by atoms with van der Waals surface area (Å²) in [6, 6.07) is 12.1. The monoisotopic (exact) mass is 322 g/mol. The third-order valence-electron chi connectivity index (χ3n) is 2.99. The Morgan fingerprint density at radius 2 is 2.00 bits per heavy atom. The van der Waals surface area contributed by atoms with Gasteiger partial charge in [0.15, 0.2) is 5.78 Å². The fourth-order valence-electron chi connectivity index (χ4n) is 1.88. The van der Waals surface area contributed by atoms with Gasteiger partial charge in [0, 0.05) is 10.5 Å². The molecule has 2 rings (SSSR count). The largest absolute Gasteiger partial charge is 0.495 e. The molecule has 0 fully saturated rings. The molecule has 0 spiro atoms. The zero-order valence-corrected chi connectivity index (χ0v) is 13.3. The highest BCUT2D eigenvalue weighted by molar-refractivity contribution is 7.85. The summed E-state index contributed by atoms with van der Waals surface area (Å²) in [6.07, 6.45) is 0. The van der Waals surface area contributed by atoms with E-state index in [1.807, 2.05) is 25.1 Å². The summed E-state index contributed by atoms with van der Waals surface area (Å²) < 4.78 is 17.3. The van der Waals surface area contributed by atoms with Crippen LogP contribution in [0.3, 0.4) is 0 Å². The van der Waals surface area contributed by atoms with Gasteiger partial charge in [0.05, 0.1) is 28.7 Å². The van der Waals surface area contributed by atoms with Crippen LogP contribution in [0, 0.1) is 6.92 Å². The predicted octanol–water partition coefficient (Wildman–Crippen LogP) is 3.65. The van der Waals surface area contributed by atoms with E-state index in [9.17, 15) is 9.00 Å². The average molecular weight is 323 g/mol. The molecule has 0 aliphatic heterocycles. The van der Waals surface area contributed by atoms with Crippen LogP contribution in [-0.2, 0) is 10.8 Å². The maximum absolute atomic E-state index is 12.2. The minimum atomic E-state index is -1.36. The van der Waals surface area contributed by atoms with Crippen molar-refractivity contribution in [1.29, 1.82) is 0 Å². The zero-order chi connectivity index (χ0) is 15.4. The topological polar surface area (TPSA) is 43.4 Å². The molecule has 3 nitrogen and oxygen atoms in total. The van der Waals surface area contributed by atoms with Crippen molar-refractivity contribution in [3.05, 3.63) is 58.6 Å². The van der Waals surface area contributed by atoms with Crippen LogP contribution in [-0.4, -0.2) is 22.9 Å². The second-order valence-electron chi connectivity index (χ2n) is 4.58. The van der Waals surface area contributed by atoms with E-state index >= 15 is 0 Å². The fourth-order valence-corrected chi connectivity index (χ4v) is 3.26. The Kier molecular flexibility index (Phi) is 5.15. The van der Waals surface area contributed by atoms with Gasteiger partial charge in [-0.05, 0) is 42.8 Å². The minimum Gasteiger partial charge on any atom is -0.495 e. The van der Waals surface area contributed by atoms with Crippen LogP contribution in [0.25, 0.3) is 0 Å². The molecule has 2 aromatic rings. The van der Waals surface area contributed by atoms with Crippen molar-refractivity contribution in [3.63, 3.8) is 0 Å². The summed E-state index contributed by atoms with van der Waals surface area (Å²) >= 11 is 5.99. The van der Waals surface area contributed by atoms with E-state index in [2.05, 4.69) is 0 Å². The lowest BCUT2D eigenvalue weighted by Gasteiger charge is -2.06. The molecule has 0 heterocycles. The highest BCUT2D eigenvalue weighted by atomic mass is 35.5. The SMILES string of the molecule is COc1ccc(C(=O)CS(=O)c2cccc(C)c2)cc1Cl. The number of benzene rings is 2. The van der Waals surface area contributed by atoms with Crippen LogP contribution in [0.2, 0.25) is 5.02 Å². The Balaban J connectivity index is 2.14. The molecule has 0 bridgehead atoms. The van der Waals surface area contributed by atoms with E-state index in [1.165, 1.54) is 13.2 Å². The molecule has 2 aromatic carbocycles. The molecular formula is C16H15ClO3S. The summed E-state index contributed by atoms with van der Waals surface area (Å²) in [5.41, 5.74) is 1.45. The van der Waals surface area contributed by atoms with Crippen molar-refractivity contribution >= 4 is 28.2 Å². The van der Waals surface area contributed by atoms with Crippen molar-refractivity contribution < 1.29 is 13.7 Å². The minimum absolute atomic E-state index is 0.0634. The van der Waals surface area contributed by atoms with E-state index < -0.39 is 10.8 Å². The van der Waals surface area contributed by atoms with Crippen molar-refractivity contribution in [3.8, 4) is 5.75 Å². The smallest absolute Gasteiger partial charge is 0.175 e. The van der Waals surface area contributed by atoms with Crippen LogP contribution < -0.4 is 4.74 Å². The summed E-state index contributed by atoms with van der Waals surface area (Å²) in [6.45, 7) is 1.92. The Bertz CT molecular complexity index is 698. The average Bonchev–Trinajstić information content (AvgIpc) is 2.47. The summed E-state index contributed by atoms with van der Waals surface area (Å²) in [5, 5.41) is 0.365. The molecule has 0 aliphatic carbocycles. The molecule has 0 radical (unpaired) electrons. The van der Waals surface area contributed by atoms with Crippen LogP contribution in [0.5, 0.6) is 5.75 Å². The number of aryl methyl sites for hydroxylation is 1. The number of halogens is 1. The lowest BCUT2D eigenvalue weighted by molar-refractivity contribution is 0.102. The summed E-state index contributed by atoms with van der Waals surface area (Å²) in [4.78, 5) is 12.8. The molecule has 0 amide bonds. The number of ketones is 1. The molecule has 1 unspecified atom stereocenters. The van der Waals surface area contributed by atoms with Gasteiger partial charge in [0.1, 0.15) is 5.75 Å². The van der Waals surface area contributed by atoms with Gasteiger partial charge in [-0.15, -0.1) is 0 Å². The molecule has 0 N–H and O–H groups in total. The second kappa shape index (κ2) is 6.87. The molecule has 21 heavy (non-hydrogen) atoms. The first kappa shape index (κ1) is 15.7. The highest BCUT2D eigenvalue weighted by Gasteiger charge is 2.14.